The molecule has 3 heterocycles. The van der Waals surface area contributed by atoms with E-state index in [1.807, 2.05) is 30.3 Å². The Bertz CT molecular complexity index is 1050. The lowest BCUT2D eigenvalue weighted by Gasteiger charge is -2.02. The fourth-order valence-electron chi connectivity index (χ4n) is 2.73. The number of hydrogen-bond acceptors (Lipinski definition) is 3. The molecule has 0 spiro atoms. The van der Waals surface area contributed by atoms with Gasteiger partial charge in [-0.05, 0) is 36.4 Å². The van der Waals surface area contributed by atoms with Crippen molar-refractivity contribution in [3.05, 3.63) is 89.0 Å². The number of pyridine rings is 2. The molecule has 0 amide bonds. The van der Waals surface area contributed by atoms with E-state index >= 15 is 0 Å². The van der Waals surface area contributed by atoms with Gasteiger partial charge in [-0.25, -0.2) is 18.7 Å². The van der Waals surface area contributed by atoms with Crippen molar-refractivity contribution in [1.29, 1.82) is 0 Å². The standard InChI is InChI=1S/C18H13FN4O/c19-13-8-9-14(21-11-13)12-22-15-5-1-2-6-16(15)23(18(22)24)17-7-3-4-10-20-17/h1-11H,12H2. The van der Waals surface area contributed by atoms with Gasteiger partial charge in [0.25, 0.3) is 0 Å². The normalized spacial score (nSPS) is 11.0. The highest BCUT2D eigenvalue weighted by Gasteiger charge is 2.15. The summed E-state index contributed by atoms with van der Waals surface area (Å²) in [7, 11) is 0. The number of rotatable bonds is 3. The molecule has 0 atom stereocenters. The Morgan fingerprint density at radius 2 is 1.71 bits per heavy atom. The van der Waals surface area contributed by atoms with Gasteiger partial charge < -0.3 is 0 Å². The molecule has 3 aromatic heterocycles. The molecule has 0 fully saturated rings. The summed E-state index contributed by atoms with van der Waals surface area (Å²) >= 11 is 0. The Morgan fingerprint density at radius 1 is 0.917 bits per heavy atom. The summed E-state index contributed by atoms with van der Waals surface area (Å²) in [5.74, 6) is 0.159. The first-order valence-electron chi connectivity index (χ1n) is 7.46. The lowest BCUT2D eigenvalue weighted by atomic mass is 10.3. The Labute approximate surface area is 136 Å². The van der Waals surface area contributed by atoms with Crippen molar-refractivity contribution in [2.75, 3.05) is 0 Å². The minimum atomic E-state index is -0.401. The number of fused-ring (bicyclic) bond motifs is 1. The summed E-state index contributed by atoms with van der Waals surface area (Å²) < 4.78 is 16.2. The molecule has 0 unspecified atom stereocenters. The van der Waals surface area contributed by atoms with Crippen molar-refractivity contribution in [1.82, 2.24) is 19.1 Å². The van der Waals surface area contributed by atoms with Crippen molar-refractivity contribution in [2.45, 2.75) is 6.54 Å². The number of benzene rings is 1. The maximum absolute atomic E-state index is 13.0. The second-order valence-electron chi connectivity index (χ2n) is 5.35. The summed E-state index contributed by atoms with van der Waals surface area (Å²) in [6.07, 6.45) is 2.80. The Hall–Kier alpha value is -3.28. The van der Waals surface area contributed by atoms with Crippen LogP contribution < -0.4 is 5.69 Å². The number of hydrogen-bond donors (Lipinski definition) is 0. The highest BCUT2D eigenvalue weighted by molar-refractivity contribution is 5.77. The van der Waals surface area contributed by atoms with Crippen molar-refractivity contribution in [3.8, 4) is 5.82 Å². The maximum Gasteiger partial charge on any atom is 0.335 e. The molecule has 5 nitrogen and oxygen atoms in total. The average Bonchev–Trinajstić information content (AvgIpc) is 2.90. The molecule has 0 bridgehead atoms. The fourth-order valence-corrected chi connectivity index (χ4v) is 2.73. The molecule has 24 heavy (non-hydrogen) atoms. The molecule has 4 rings (SSSR count). The van der Waals surface area contributed by atoms with Crippen molar-refractivity contribution >= 4 is 11.0 Å². The summed E-state index contributed by atoms with van der Waals surface area (Å²) in [6, 6.07) is 15.8. The Morgan fingerprint density at radius 3 is 2.42 bits per heavy atom. The predicted octanol–water partition coefficient (Wildman–Crippen LogP) is 2.77. The molecule has 0 aliphatic rings. The quantitative estimate of drug-likeness (QED) is 0.583. The molecule has 0 saturated heterocycles. The number of aromatic nitrogens is 4. The van der Waals surface area contributed by atoms with Crippen LogP contribution in [-0.2, 0) is 6.54 Å². The first kappa shape index (κ1) is 14.3. The summed E-state index contributed by atoms with van der Waals surface area (Å²) in [5, 5.41) is 0. The molecular weight excluding hydrogens is 307 g/mol. The fraction of sp³-hybridized carbons (Fsp3) is 0.0556. The summed E-state index contributed by atoms with van der Waals surface area (Å²) in [5.41, 5.74) is 1.95. The molecule has 4 aromatic rings. The molecule has 1 aromatic carbocycles. The predicted molar refractivity (Wildman–Crippen MR) is 88.6 cm³/mol. The zero-order valence-corrected chi connectivity index (χ0v) is 12.6. The first-order chi connectivity index (χ1) is 11.7. The second kappa shape index (κ2) is 5.73. The van der Waals surface area contributed by atoms with Crippen molar-refractivity contribution in [2.24, 2.45) is 0 Å². The van der Waals surface area contributed by atoms with Gasteiger partial charge >= 0.3 is 5.69 Å². The van der Waals surface area contributed by atoms with Crippen LogP contribution >= 0.6 is 0 Å². The van der Waals surface area contributed by atoms with Gasteiger partial charge in [0.15, 0.2) is 0 Å². The van der Waals surface area contributed by atoms with E-state index in [0.29, 0.717) is 11.5 Å². The van der Waals surface area contributed by atoms with E-state index < -0.39 is 5.82 Å². The van der Waals surface area contributed by atoms with Gasteiger partial charge in [0.2, 0.25) is 0 Å². The molecular formula is C18H13FN4O. The number of para-hydroxylation sites is 2. The van der Waals surface area contributed by atoms with Crippen LogP contribution in [0.2, 0.25) is 0 Å². The van der Waals surface area contributed by atoms with E-state index in [2.05, 4.69) is 9.97 Å². The van der Waals surface area contributed by atoms with Gasteiger partial charge in [-0.2, -0.15) is 0 Å². The van der Waals surface area contributed by atoms with Gasteiger partial charge in [-0.1, -0.05) is 18.2 Å². The monoisotopic (exact) mass is 320 g/mol. The maximum atomic E-state index is 13.0. The molecule has 0 N–H and O–H groups in total. The highest BCUT2D eigenvalue weighted by Crippen LogP contribution is 2.17. The molecule has 0 aliphatic carbocycles. The Kier molecular flexibility index (Phi) is 3.42. The van der Waals surface area contributed by atoms with E-state index in [-0.39, 0.29) is 12.2 Å². The number of halogens is 1. The molecule has 118 valence electrons. The van der Waals surface area contributed by atoms with E-state index in [1.165, 1.54) is 6.07 Å². The summed E-state index contributed by atoms with van der Waals surface area (Å²) in [4.78, 5) is 21.3. The third kappa shape index (κ3) is 2.38. The van der Waals surface area contributed by atoms with Gasteiger partial charge in [0.1, 0.15) is 11.6 Å². The van der Waals surface area contributed by atoms with Crippen LogP contribution in [0.25, 0.3) is 16.9 Å². The minimum absolute atomic E-state index is 0.207. The van der Waals surface area contributed by atoms with E-state index in [9.17, 15) is 9.18 Å². The van der Waals surface area contributed by atoms with E-state index in [0.717, 1.165) is 17.2 Å². The smallest absolute Gasteiger partial charge is 0.286 e. The Balaban J connectivity index is 1.92. The zero-order chi connectivity index (χ0) is 16.5. The SMILES string of the molecule is O=c1n(Cc2ccc(F)cn2)c2ccccc2n1-c1ccccn1. The molecule has 0 radical (unpaired) electrons. The topological polar surface area (TPSA) is 52.7 Å². The third-order valence-corrected chi connectivity index (χ3v) is 3.82. The molecule has 0 aliphatic heterocycles. The molecule has 0 saturated carbocycles. The van der Waals surface area contributed by atoms with Crippen LogP contribution in [0.1, 0.15) is 5.69 Å². The summed E-state index contributed by atoms with van der Waals surface area (Å²) in [6.45, 7) is 0.263. The van der Waals surface area contributed by atoms with E-state index in [1.54, 1.807) is 33.5 Å². The van der Waals surface area contributed by atoms with Crippen LogP contribution in [-0.4, -0.2) is 19.1 Å². The minimum Gasteiger partial charge on any atom is -0.286 e. The first-order valence-corrected chi connectivity index (χ1v) is 7.46. The molecule has 6 heteroatoms. The largest absolute Gasteiger partial charge is 0.335 e. The average molecular weight is 320 g/mol. The number of nitrogens with zero attached hydrogens (tertiary/aromatic N) is 4. The number of imidazole rings is 1. The van der Waals surface area contributed by atoms with Gasteiger partial charge in [-0.15, -0.1) is 0 Å². The van der Waals surface area contributed by atoms with Crippen molar-refractivity contribution in [3.63, 3.8) is 0 Å². The second-order valence-corrected chi connectivity index (χ2v) is 5.35. The third-order valence-electron chi connectivity index (χ3n) is 3.82. The van der Waals surface area contributed by atoms with E-state index in [4.69, 9.17) is 0 Å². The van der Waals surface area contributed by atoms with Crippen LogP contribution in [0.5, 0.6) is 0 Å². The van der Waals surface area contributed by atoms with Crippen LogP contribution in [0.3, 0.4) is 0 Å². The van der Waals surface area contributed by atoms with Gasteiger partial charge in [-0.3, -0.25) is 9.55 Å². The lowest BCUT2D eigenvalue weighted by Crippen LogP contribution is -2.24. The van der Waals surface area contributed by atoms with Gasteiger partial charge in [0, 0.05) is 6.20 Å². The van der Waals surface area contributed by atoms with Crippen LogP contribution in [0.15, 0.2) is 71.8 Å². The van der Waals surface area contributed by atoms with Crippen LogP contribution in [0, 0.1) is 5.82 Å². The highest BCUT2D eigenvalue weighted by atomic mass is 19.1. The van der Waals surface area contributed by atoms with Crippen LogP contribution in [0.4, 0.5) is 4.39 Å². The zero-order valence-electron chi connectivity index (χ0n) is 12.6. The lowest BCUT2D eigenvalue weighted by molar-refractivity contribution is 0.617. The van der Waals surface area contributed by atoms with Crippen molar-refractivity contribution < 1.29 is 4.39 Å². The van der Waals surface area contributed by atoms with Gasteiger partial charge in [0.05, 0.1) is 29.5 Å².